The molecule has 4 heteroatoms. The molecule has 1 N–H and O–H groups in total. The van der Waals surface area contributed by atoms with Gasteiger partial charge in [0.15, 0.2) is 0 Å². The van der Waals surface area contributed by atoms with Crippen molar-refractivity contribution in [2.75, 3.05) is 6.54 Å². The van der Waals surface area contributed by atoms with Gasteiger partial charge in [-0.1, -0.05) is 26.0 Å². The summed E-state index contributed by atoms with van der Waals surface area (Å²) in [6.45, 7) is 5.91. The first-order valence-electron chi connectivity index (χ1n) is 6.67. The van der Waals surface area contributed by atoms with Crippen molar-refractivity contribution in [2.24, 2.45) is 0 Å². The van der Waals surface area contributed by atoms with Crippen molar-refractivity contribution in [3.05, 3.63) is 46.4 Å². The third-order valence-corrected chi connectivity index (χ3v) is 3.76. The largest absolute Gasteiger partial charge is 0.488 e. The SMILES string of the molecule is CCNC(CC)c1ccc(OCc2cncs2)cc1. The summed E-state index contributed by atoms with van der Waals surface area (Å²) < 4.78 is 5.73. The third kappa shape index (κ3) is 4.04. The van der Waals surface area contributed by atoms with E-state index in [1.54, 1.807) is 11.3 Å². The monoisotopic (exact) mass is 276 g/mol. The maximum Gasteiger partial charge on any atom is 0.124 e. The molecule has 102 valence electrons. The molecule has 1 unspecified atom stereocenters. The van der Waals surface area contributed by atoms with Gasteiger partial charge in [-0.05, 0) is 30.7 Å². The predicted octanol–water partition coefficient (Wildman–Crippen LogP) is 3.78. The molecule has 3 nitrogen and oxygen atoms in total. The fraction of sp³-hybridized carbons (Fsp3) is 0.400. The first-order chi connectivity index (χ1) is 9.33. The highest BCUT2D eigenvalue weighted by atomic mass is 32.1. The number of aromatic nitrogens is 1. The molecule has 0 aliphatic carbocycles. The maximum absolute atomic E-state index is 5.73. The van der Waals surface area contributed by atoms with E-state index in [2.05, 4.69) is 36.3 Å². The van der Waals surface area contributed by atoms with Crippen LogP contribution >= 0.6 is 11.3 Å². The number of hydrogen-bond donors (Lipinski definition) is 1. The Morgan fingerprint density at radius 1 is 1.26 bits per heavy atom. The van der Waals surface area contributed by atoms with Crippen LogP contribution in [0.2, 0.25) is 0 Å². The number of thiazole rings is 1. The van der Waals surface area contributed by atoms with Gasteiger partial charge in [0, 0.05) is 12.2 Å². The fourth-order valence-electron chi connectivity index (χ4n) is 2.01. The molecule has 2 rings (SSSR count). The lowest BCUT2D eigenvalue weighted by molar-refractivity contribution is 0.309. The van der Waals surface area contributed by atoms with Crippen molar-refractivity contribution < 1.29 is 4.74 Å². The highest BCUT2D eigenvalue weighted by Crippen LogP contribution is 2.21. The van der Waals surface area contributed by atoms with Gasteiger partial charge >= 0.3 is 0 Å². The van der Waals surface area contributed by atoms with Crippen LogP contribution in [0.25, 0.3) is 0 Å². The molecule has 1 aromatic heterocycles. The number of nitrogens with zero attached hydrogens (tertiary/aromatic N) is 1. The van der Waals surface area contributed by atoms with Crippen LogP contribution < -0.4 is 10.1 Å². The molecule has 1 heterocycles. The van der Waals surface area contributed by atoms with Crippen molar-refractivity contribution in [2.45, 2.75) is 32.9 Å². The second-order valence-electron chi connectivity index (χ2n) is 4.34. The Hall–Kier alpha value is -1.39. The van der Waals surface area contributed by atoms with Crippen molar-refractivity contribution >= 4 is 11.3 Å². The molecule has 1 aromatic carbocycles. The second kappa shape index (κ2) is 7.26. The number of rotatable bonds is 7. The minimum Gasteiger partial charge on any atom is -0.488 e. The zero-order valence-electron chi connectivity index (χ0n) is 11.4. The van der Waals surface area contributed by atoms with Crippen molar-refractivity contribution in [1.29, 1.82) is 0 Å². The zero-order chi connectivity index (χ0) is 13.5. The van der Waals surface area contributed by atoms with E-state index in [-0.39, 0.29) is 0 Å². The molecule has 0 saturated heterocycles. The van der Waals surface area contributed by atoms with Crippen LogP contribution in [0, 0.1) is 0 Å². The highest BCUT2D eigenvalue weighted by Gasteiger charge is 2.07. The first kappa shape index (κ1) is 14.0. The van der Waals surface area contributed by atoms with E-state index >= 15 is 0 Å². The normalized spacial score (nSPS) is 12.3. The summed E-state index contributed by atoms with van der Waals surface area (Å²) >= 11 is 1.61. The Bertz CT molecular complexity index is 467. The quantitative estimate of drug-likeness (QED) is 0.835. The van der Waals surface area contributed by atoms with Gasteiger partial charge < -0.3 is 10.1 Å². The number of ether oxygens (including phenoxy) is 1. The molecule has 0 aliphatic rings. The van der Waals surface area contributed by atoms with Crippen LogP contribution in [-0.2, 0) is 6.61 Å². The van der Waals surface area contributed by atoms with Gasteiger partial charge in [-0.3, -0.25) is 4.98 Å². The molecule has 19 heavy (non-hydrogen) atoms. The third-order valence-electron chi connectivity index (χ3n) is 3.01. The summed E-state index contributed by atoms with van der Waals surface area (Å²) in [5.41, 5.74) is 3.14. The summed E-state index contributed by atoms with van der Waals surface area (Å²) in [4.78, 5) is 5.18. The summed E-state index contributed by atoms with van der Waals surface area (Å²) in [7, 11) is 0. The molecule has 0 spiro atoms. The van der Waals surface area contributed by atoms with E-state index in [1.807, 2.05) is 23.8 Å². The fourth-order valence-corrected chi connectivity index (χ4v) is 2.51. The summed E-state index contributed by atoms with van der Waals surface area (Å²) in [5, 5.41) is 3.47. The Morgan fingerprint density at radius 2 is 2.05 bits per heavy atom. The number of benzene rings is 1. The van der Waals surface area contributed by atoms with Crippen LogP contribution in [0.15, 0.2) is 36.0 Å². The van der Waals surface area contributed by atoms with Gasteiger partial charge in [0.2, 0.25) is 0 Å². The maximum atomic E-state index is 5.73. The molecule has 0 aliphatic heterocycles. The van der Waals surface area contributed by atoms with Crippen molar-refractivity contribution in [3.8, 4) is 5.75 Å². The Labute approximate surface area is 118 Å². The van der Waals surface area contributed by atoms with Gasteiger partial charge in [-0.25, -0.2) is 0 Å². The minimum atomic E-state index is 0.431. The standard InChI is InChI=1S/C15H20N2OS/c1-3-15(17-4-2)12-5-7-13(8-6-12)18-10-14-9-16-11-19-14/h5-9,11,15,17H,3-4,10H2,1-2H3. The van der Waals surface area contributed by atoms with Crippen molar-refractivity contribution in [3.63, 3.8) is 0 Å². The minimum absolute atomic E-state index is 0.431. The molecule has 0 fully saturated rings. The van der Waals surface area contributed by atoms with E-state index in [9.17, 15) is 0 Å². The van der Waals surface area contributed by atoms with Crippen LogP contribution in [0.5, 0.6) is 5.75 Å². The van der Waals surface area contributed by atoms with Crippen LogP contribution in [0.3, 0.4) is 0 Å². The van der Waals surface area contributed by atoms with Crippen LogP contribution in [0.1, 0.15) is 36.8 Å². The number of nitrogens with one attached hydrogen (secondary N) is 1. The second-order valence-corrected chi connectivity index (χ2v) is 5.31. The lowest BCUT2D eigenvalue weighted by atomic mass is 10.0. The molecular weight excluding hydrogens is 256 g/mol. The zero-order valence-corrected chi connectivity index (χ0v) is 12.2. The Balaban J connectivity index is 1.93. The van der Waals surface area contributed by atoms with Gasteiger partial charge in [0.05, 0.1) is 10.4 Å². The van der Waals surface area contributed by atoms with E-state index in [0.717, 1.165) is 23.6 Å². The molecule has 0 amide bonds. The number of hydrogen-bond acceptors (Lipinski definition) is 4. The summed E-state index contributed by atoms with van der Waals surface area (Å²) in [5.74, 6) is 0.906. The Kier molecular flexibility index (Phi) is 5.36. The van der Waals surface area contributed by atoms with Gasteiger partial charge in [-0.15, -0.1) is 11.3 Å². The molecule has 2 aromatic rings. The van der Waals surface area contributed by atoms with Gasteiger partial charge in [0.1, 0.15) is 12.4 Å². The van der Waals surface area contributed by atoms with Crippen molar-refractivity contribution in [1.82, 2.24) is 10.3 Å². The van der Waals surface area contributed by atoms with E-state index in [4.69, 9.17) is 4.74 Å². The highest BCUT2D eigenvalue weighted by molar-refractivity contribution is 7.09. The average molecular weight is 276 g/mol. The predicted molar refractivity (Wildman–Crippen MR) is 79.6 cm³/mol. The lowest BCUT2D eigenvalue weighted by Crippen LogP contribution is -2.19. The van der Waals surface area contributed by atoms with Crippen LogP contribution in [-0.4, -0.2) is 11.5 Å². The molecule has 0 bridgehead atoms. The van der Waals surface area contributed by atoms with Gasteiger partial charge in [0.25, 0.3) is 0 Å². The Morgan fingerprint density at radius 3 is 2.63 bits per heavy atom. The molecule has 1 atom stereocenters. The van der Waals surface area contributed by atoms with E-state index < -0.39 is 0 Å². The van der Waals surface area contributed by atoms with E-state index in [1.165, 1.54) is 5.56 Å². The lowest BCUT2D eigenvalue weighted by Gasteiger charge is -2.16. The average Bonchev–Trinajstić information content (AvgIpc) is 2.96. The van der Waals surface area contributed by atoms with Crippen LogP contribution in [0.4, 0.5) is 0 Å². The summed E-state index contributed by atoms with van der Waals surface area (Å²) in [6, 6.07) is 8.78. The van der Waals surface area contributed by atoms with Gasteiger partial charge in [-0.2, -0.15) is 0 Å². The molecule has 0 saturated carbocycles. The molecule has 0 radical (unpaired) electrons. The summed E-state index contributed by atoms with van der Waals surface area (Å²) in [6.07, 6.45) is 2.94. The topological polar surface area (TPSA) is 34.1 Å². The van der Waals surface area contributed by atoms with E-state index in [0.29, 0.717) is 12.6 Å². The molecular formula is C15H20N2OS. The smallest absolute Gasteiger partial charge is 0.124 e. The first-order valence-corrected chi connectivity index (χ1v) is 7.55.